The lowest BCUT2D eigenvalue weighted by Gasteiger charge is -2.41. The summed E-state index contributed by atoms with van der Waals surface area (Å²) in [6.07, 6.45) is -0.456. The van der Waals surface area contributed by atoms with Crippen molar-refractivity contribution in [2.24, 2.45) is 0 Å². The van der Waals surface area contributed by atoms with Gasteiger partial charge in [0.2, 0.25) is 0 Å². The van der Waals surface area contributed by atoms with Crippen LogP contribution in [-0.2, 0) is 4.74 Å². The lowest BCUT2D eigenvalue weighted by molar-refractivity contribution is -0.0811. The van der Waals surface area contributed by atoms with Crippen molar-refractivity contribution in [2.75, 3.05) is 33.0 Å². The van der Waals surface area contributed by atoms with Crippen LogP contribution in [0.5, 0.6) is 11.5 Å². The summed E-state index contributed by atoms with van der Waals surface area (Å²) in [6, 6.07) is 13.0. The number of hydrogen-bond donors (Lipinski definition) is 1. The number of hydrogen-bond acceptors (Lipinski definition) is 5. The zero-order valence-electron chi connectivity index (χ0n) is 15.3. The molecular formula is C21H23NO5. The van der Waals surface area contributed by atoms with E-state index in [9.17, 15) is 9.90 Å². The smallest absolute Gasteiger partial charge is 0.254 e. The first-order valence-electron chi connectivity index (χ1n) is 9.17. The van der Waals surface area contributed by atoms with Crippen molar-refractivity contribution in [2.45, 2.75) is 19.1 Å². The van der Waals surface area contributed by atoms with Gasteiger partial charge in [0.15, 0.2) is 11.5 Å². The molecule has 4 rings (SSSR count). The summed E-state index contributed by atoms with van der Waals surface area (Å²) >= 11 is 0. The van der Waals surface area contributed by atoms with Gasteiger partial charge >= 0.3 is 0 Å². The maximum Gasteiger partial charge on any atom is 0.254 e. The van der Waals surface area contributed by atoms with Crippen molar-refractivity contribution >= 4 is 5.91 Å². The number of carbonyl (C=O) groups excluding carboxylic acids is 1. The summed E-state index contributed by atoms with van der Waals surface area (Å²) in [5, 5.41) is 9.81. The van der Waals surface area contributed by atoms with Crippen LogP contribution in [0.1, 0.15) is 27.5 Å². The zero-order chi connectivity index (χ0) is 18.8. The molecule has 2 heterocycles. The number of fused-ring (bicyclic) bond motifs is 1. The van der Waals surface area contributed by atoms with Crippen LogP contribution in [0.15, 0.2) is 42.5 Å². The molecule has 0 spiro atoms. The van der Waals surface area contributed by atoms with E-state index < -0.39 is 6.10 Å². The molecule has 1 saturated heterocycles. The van der Waals surface area contributed by atoms with Gasteiger partial charge in [0.25, 0.3) is 5.91 Å². The highest BCUT2D eigenvalue weighted by molar-refractivity contribution is 5.97. The Labute approximate surface area is 158 Å². The third kappa shape index (κ3) is 3.38. The molecule has 142 valence electrons. The van der Waals surface area contributed by atoms with Crippen LogP contribution in [0, 0.1) is 6.92 Å². The Morgan fingerprint density at radius 2 is 1.81 bits per heavy atom. The minimum absolute atomic E-state index is 0.0972. The van der Waals surface area contributed by atoms with E-state index in [1.807, 2.05) is 43.3 Å². The van der Waals surface area contributed by atoms with Gasteiger partial charge in [-0.1, -0.05) is 30.3 Å². The van der Waals surface area contributed by atoms with Gasteiger partial charge in [0.05, 0.1) is 19.3 Å². The molecule has 1 N–H and O–H groups in total. The third-order valence-corrected chi connectivity index (χ3v) is 5.05. The van der Waals surface area contributed by atoms with E-state index in [1.165, 1.54) is 0 Å². The number of aliphatic hydroxyl groups is 1. The van der Waals surface area contributed by atoms with Crippen LogP contribution >= 0.6 is 0 Å². The maximum atomic E-state index is 13.4. The summed E-state index contributed by atoms with van der Waals surface area (Å²) in [6.45, 7) is 3.58. The zero-order valence-corrected chi connectivity index (χ0v) is 15.3. The number of rotatable bonds is 3. The van der Waals surface area contributed by atoms with Crippen LogP contribution in [0.25, 0.3) is 0 Å². The van der Waals surface area contributed by atoms with Gasteiger partial charge in [0, 0.05) is 12.1 Å². The second kappa shape index (κ2) is 7.58. The number of morpholine rings is 1. The topological polar surface area (TPSA) is 68.2 Å². The Morgan fingerprint density at radius 1 is 1.11 bits per heavy atom. The average Bonchev–Trinajstić information content (AvgIpc) is 2.72. The summed E-state index contributed by atoms with van der Waals surface area (Å²) < 4.78 is 17.0. The minimum atomic E-state index is -0.456. The summed E-state index contributed by atoms with van der Waals surface area (Å²) in [5.41, 5.74) is 2.36. The second-order valence-electron chi connectivity index (χ2n) is 6.76. The molecule has 27 heavy (non-hydrogen) atoms. The fourth-order valence-corrected chi connectivity index (χ4v) is 3.73. The predicted molar refractivity (Wildman–Crippen MR) is 99.2 cm³/mol. The maximum absolute atomic E-state index is 13.4. The SMILES string of the molecule is Cc1cc2c(cc1C(=O)N1CCO[C@H](CO)[C@H]1c1ccccc1)OCCO2. The first-order valence-corrected chi connectivity index (χ1v) is 9.17. The molecule has 0 saturated carbocycles. The van der Waals surface area contributed by atoms with Gasteiger partial charge in [-0.2, -0.15) is 0 Å². The van der Waals surface area contributed by atoms with E-state index in [-0.39, 0.29) is 18.6 Å². The quantitative estimate of drug-likeness (QED) is 0.899. The van der Waals surface area contributed by atoms with Gasteiger partial charge in [-0.25, -0.2) is 0 Å². The molecule has 0 aromatic heterocycles. The van der Waals surface area contributed by atoms with Crippen molar-refractivity contribution < 1.29 is 24.1 Å². The highest BCUT2D eigenvalue weighted by Gasteiger charge is 2.37. The van der Waals surface area contributed by atoms with Crippen molar-refractivity contribution in [3.63, 3.8) is 0 Å². The molecule has 0 bridgehead atoms. The van der Waals surface area contributed by atoms with E-state index >= 15 is 0 Å². The molecular weight excluding hydrogens is 346 g/mol. The lowest BCUT2D eigenvalue weighted by atomic mass is 9.96. The lowest BCUT2D eigenvalue weighted by Crippen LogP contribution is -2.49. The Balaban J connectivity index is 1.71. The van der Waals surface area contributed by atoms with Crippen LogP contribution in [0.3, 0.4) is 0 Å². The summed E-state index contributed by atoms with van der Waals surface area (Å²) in [7, 11) is 0. The molecule has 0 unspecified atom stereocenters. The van der Waals surface area contributed by atoms with Crippen molar-refractivity contribution in [1.82, 2.24) is 4.90 Å². The molecule has 2 aromatic rings. The largest absolute Gasteiger partial charge is 0.486 e. The van der Waals surface area contributed by atoms with Gasteiger partial charge in [-0.3, -0.25) is 4.79 Å². The summed E-state index contributed by atoms with van der Waals surface area (Å²) in [5.74, 6) is 1.17. The highest BCUT2D eigenvalue weighted by atomic mass is 16.6. The minimum Gasteiger partial charge on any atom is -0.486 e. The van der Waals surface area contributed by atoms with Crippen LogP contribution in [0.4, 0.5) is 0 Å². The Kier molecular flexibility index (Phi) is 5.01. The Hall–Kier alpha value is -2.57. The standard InChI is InChI=1S/C21H23NO5/c1-14-11-17-18(27-10-9-26-17)12-16(14)21(24)22-7-8-25-19(13-23)20(22)15-5-3-2-4-6-15/h2-6,11-12,19-20,23H,7-10,13H2,1H3/t19-,20-/m1/s1. The predicted octanol–water partition coefficient (Wildman–Crippen LogP) is 2.34. The van der Waals surface area contributed by atoms with Gasteiger partial charge in [-0.15, -0.1) is 0 Å². The molecule has 2 atom stereocenters. The molecule has 0 aliphatic carbocycles. The first-order chi connectivity index (χ1) is 13.2. The van der Waals surface area contributed by atoms with Crippen LogP contribution in [0.2, 0.25) is 0 Å². The molecule has 6 heteroatoms. The second-order valence-corrected chi connectivity index (χ2v) is 6.76. The molecule has 2 aliphatic heterocycles. The Bertz CT molecular complexity index is 823. The van der Waals surface area contributed by atoms with E-state index in [0.717, 1.165) is 11.1 Å². The monoisotopic (exact) mass is 369 g/mol. The number of aliphatic hydroxyl groups excluding tert-OH is 1. The highest BCUT2D eigenvalue weighted by Crippen LogP contribution is 2.36. The van der Waals surface area contributed by atoms with Crippen LogP contribution in [-0.4, -0.2) is 55.0 Å². The number of carbonyl (C=O) groups is 1. The molecule has 1 fully saturated rings. The van der Waals surface area contributed by atoms with Crippen molar-refractivity contribution in [3.8, 4) is 11.5 Å². The molecule has 0 radical (unpaired) electrons. The van der Waals surface area contributed by atoms with Gasteiger partial charge in [-0.05, 0) is 30.2 Å². The molecule has 2 aromatic carbocycles. The number of benzene rings is 2. The number of aryl methyl sites for hydroxylation is 1. The van der Waals surface area contributed by atoms with Gasteiger partial charge in [0.1, 0.15) is 19.3 Å². The molecule has 1 amide bonds. The molecule has 6 nitrogen and oxygen atoms in total. The number of amides is 1. The summed E-state index contributed by atoms with van der Waals surface area (Å²) in [4.78, 5) is 15.2. The van der Waals surface area contributed by atoms with E-state index in [4.69, 9.17) is 14.2 Å². The Morgan fingerprint density at radius 3 is 2.52 bits per heavy atom. The van der Waals surface area contributed by atoms with Crippen LogP contribution < -0.4 is 9.47 Å². The van der Waals surface area contributed by atoms with Gasteiger partial charge < -0.3 is 24.2 Å². The third-order valence-electron chi connectivity index (χ3n) is 5.05. The van der Waals surface area contributed by atoms with E-state index in [1.54, 1.807) is 11.0 Å². The first kappa shape index (κ1) is 17.8. The van der Waals surface area contributed by atoms with E-state index in [0.29, 0.717) is 43.4 Å². The number of ether oxygens (including phenoxy) is 3. The average molecular weight is 369 g/mol. The fourth-order valence-electron chi connectivity index (χ4n) is 3.73. The number of nitrogens with zero attached hydrogens (tertiary/aromatic N) is 1. The molecule has 2 aliphatic rings. The van der Waals surface area contributed by atoms with Crippen molar-refractivity contribution in [1.29, 1.82) is 0 Å². The fraction of sp³-hybridized carbons (Fsp3) is 0.381. The normalized spacial score (nSPS) is 21.8. The van der Waals surface area contributed by atoms with Crippen molar-refractivity contribution in [3.05, 3.63) is 59.2 Å². The van der Waals surface area contributed by atoms with E-state index in [2.05, 4.69) is 0 Å².